The Labute approximate surface area is 221 Å². The summed E-state index contributed by atoms with van der Waals surface area (Å²) in [5.74, 6) is -1.97. The highest BCUT2D eigenvalue weighted by Gasteiger charge is 2.22. The molecule has 3 aromatic carbocycles. The van der Waals surface area contributed by atoms with Crippen LogP contribution >= 0.6 is 22.6 Å². The molecule has 0 aromatic heterocycles. The van der Waals surface area contributed by atoms with Crippen LogP contribution in [0.2, 0.25) is 0 Å². The lowest BCUT2D eigenvalue weighted by molar-refractivity contribution is -0.112. The van der Waals surface area contributed by atoms with E-state index < -0.39 is 22.0 Å². The topological polar surface area (TPSA) is 143 Å². The summed E-state index contributed by atoms with van der Waals surface area (Å²) in [5, 5.41) is 21.3. The molecule has 3 aromatic rings. The number of ether oxygens (including phenoxy) is 1. The van der Waals surface area contributed by atoms with Crippen molar-refractivity contribution >= 4 is 56.3 Å². The van der Waals surface area contributed by atoms with Gasteiger partial charge >= 0.3 is 16.1 Å². The highest BCUT2D eigenvalue weighted by Crippen LogP contribution is 2.37. The third kappa shape index (κ3) is 6.41. The van der Waals surface area contributed by atoms with Crippen molar-refractivity contribution in [2.75, 3.05) is 11.9 Å². The smallest absolute Gasteiger partial charge is 0.339 e. The van der Waals surface area contributed by atoms with E-state index in [4.69, 9.17) is 8.92 Å². The van der Waals surface area contributed by atoms with E-state index in [9.17, 15) is 28.4 Å². The summed E-state index contributed by atoms with van der Waals surface area (Å²) in [6, 6.07) is 18.2. The second-order valence-electron chi connectivity index (χ2n) is 7.09. The lowest BCUT2D eigenvalue weighted by atomic mass is 10.1. The molecule has 0 aliphatic carbocycles. The van der Waals surface area contributed by atoms with Crippen LogP contribution in [0.15, 0.2) is 77.2 Å². The Morgan fingerprint density at radius 3 is 2.42 bits per heavy atom. The van der Waals surface area contributed by atoms with Crippen LogP contribution in [-0.4, -0.2) is 32.0 Å². The molecule has 0 bridgehead atoms. The van der Waals surface area contributed by atoms with Crippen LogP contribution in [0.3, 0.4) is 0 Å². The Balaban J connectivity index is 1.96. The fourth-order valence-electron chi connectivity index (χ4n) is 3.04. The Hall–Kier alpha value is -3.89. The van der Waals surface area contributed by atoms with Gasteiger partial charge in [-0.2, -0.15) is 13.7 Å². The number of amides is 1. The van der Waals surface area contributed by atoms with Gasteiger partial charge in [0, 0.05) is 0 Å². The number of rotatable bonds is 9. The van der Waals surface area contributed by atoms with E-state index in [1.54, 1.807) is 37.3 Å². The number of hydrogen-bond donors (Lipinski definition) is 2. The summed E-state index contributed by atoms with van der Waals surface area (Å²) >= 11 is 1.87. The molecule has 0 spiro atoms. The molecule has 0 unspecified atom stereocenters. The lowest BCUT2D eigenvalue weighted by Gasteiger charge is -2.15. The molecule has 0 fully saturated rings. The van der Waals surface area contributed by atoms with Crippen molar-refractivity contribution in [3.63, 3.8) is 0 Å². The maximum absolute atomic E-state index is 12.7. The number of anilines is 1. The standard InChI is InChI=1S/C25H19IN2O7S/c1-2-34-22-14-16(13-20(26)23(22)35-36(32,33)18-8-4-3-5-9-18)12-17(15-27)24(29)28-21-11-7-6-10-19(21)25(30)31/h3-14H,2H2,1H3,(H,28,29)(H,30,31)/b17-12+. The first-order valence-corrected chi connectivity index (χ1v) is 12.9. The van der Waals surface area contributed by atoms with Crippen molar-refractivity contribution in [2.45, 2.75) is 11.8 Å². The molecule has 0 aliphatic heterocycles. The molecule has 0 atom stereocenters. The molecule has 36 heavy (non-hydrogen) atoms. The highest BCUT2D eigenvalue weighted by atomic mass is 127. The zero-order chi connectivity index (χ0) is 26.3. The highest BCUT2D eigenvalue weighted by molar-refractivity contribution is 14.1. The predicted octanol–water partition coefficient (Wildman–Crippen LogP) is 4.70. The number of carboxylic acid groups (broad SMARTS) is 1. The van der Waals surface area contributed by atoms with Crippen molar-refractivity contribution in [3.05, 3.63) is 87.0 Å². The van der Waals surface area contributed by atoms with Gasteiger partial charge in [-0.05, 0) is 77.6 Å². The lowest BCUT2D eigenvalue weighted by Crippen LogP contribution is -2.16. The fourth-order valence-corrected chi connectivity index (χ4v) is 4.91. The Bertz CT molecular complexity index is 1480. The maximum atomic E-state index is 12.7. The van der Waals surface area contributed by atoms with Crippen LogP contribution in [-0.2, 0) is 14.9 Å². The van der Waals surface area contributed by atoms with E-state index in [2.05, 4.69) is 5.32 Å². The van der Waals surface area contributed by atoms with Gasteiger partial charge < -0.3 is 19.3 Å². The van der Waals surface area contributed by atoms with Gasteiger partial charge in [0.1, 0.15) is 16.5 Å². The van der Waals surface area contributed by atoms with Gasteiger partial charge in [0.2, 0.25) is 0 Å². The van der Waals surface area contributed by atoms with Gasteiger partial charge in [0.05, 0.1) is 21.4 Å². The number of benzene rings is 3. The van der Waals surface area contributed by atoms with E-state index >= 15 is 0 Å². The molecule has 0 saturated carbocycles. The summed E-state index contributed by atoms with van der Waals surface area (Å²) in [6.45, 7) is 1.90. The number of aromatic carboxylic acids is 1. The average molecular weight is 618 g/mol. The minimum Gasteiger partial charge on any atom is -0.490 e. The third-order valence-corrected chi connectivity index (χ3v) is 6.68. The number of nitrogens with one attached hydrogen (secondary N) is 1. The molecule has 184 valence electrons. The first-order chi connectivity index (χ1) is 17.2. The fraction of sp³-hybridized carbons (Fsp3) is 0.0800. The number of hydrogen-bond acceptors (Lipinski definition) is 7. The van der Waals surface area contributed by atoms with Gasteiger partial charge in [-0.1, -0.05) is 30.3 Å². The van der Waals surface area contributed by atoms with Crippen molar-refractivity contribution in [3.8, 4) is 17.6 Å². The largest absolute Gasteiger partial charge is 0.490 e. The number of carboxylic acids is 1. The van der Waals surface area contributed by atoms with Crippen LogP contribution in [0.4, 0.5) is 5.69 Å². The van der Waals surface area contributed by atoms with Crippen molar-refractivity contribution < 1.29 is 32.0 Å². The average Bonchev–Trinajstić information content (AvgIpc) is 2.85. The monoisotopic (exact) mass is 618 g/mol. The Morgan fingerprint density at radius 1 is 1.11 bits per heavy atom. The molecular weight excluding hydrogens is 599 g/mol. The van der Waals surface area contributed by atoms with E-state index in [0.717, 1.165) is 0 Å². The number of halogens is 1. The summed E-state index contributed by atoms with van der Waals surface area (Å²) in [6.07, 6.45) is 1.28. The van der Waals surface area contributed by atoms with Gasteiger partial charge in [-0.25, -0.2) is 4.79 Å². The van der Waals surface area contributed by atoms with Crippen LogP contribution in [0.5, 0.6) is 11.5 Å². The van der Waals surface area contributed by atoms with Crippen molar-refractivity contribution in [1.29, 1.82) is 5.26 Å². The SMILES string of the molecule is CCOc1cc(/C=C(\C#N)C(=O)Nc2ccccc2C(=O)O)cc(I)c1OS(=O)(=O)c1ccccc1. The summed E-state index contributed by atoms with van der Waals surface area (Å²) in [7, 11) is -4.14. The minimum atomic E-state index is -4.14. The normalized spacial score (nSPS) is 11.3. The zero-order valence-corrected chi connectivity index (χ0v) is 21.7. The van der Waals surface area contributed by atoms with Gasteiger partial charge in [-0.3, -0.25) is 4.79 Å². The van der Waals surface area contributed by atoms with Gasteiger partial charge in [-0.15, -0.1) is 0 Å². The third-order valence-electron chi connectivity index (χ3n) is 4.64. The van der Waals surface area contributed by atoms with Gasteiger partial charge in [0.25, 0.3) is 5.91 Å². The quantitative estimate of drug-likeness (QED) is 0.152. The van der Waals surface area contributed by atoms with E-state index in [-0.39, 0.29) is 39.8 Å². The second-order valence-corrected chi connectivity index (χ2v) is 9.80. The number of carbonyl (C=O) groups excluding carboxylic acids is 1. The number of nitrogens with zero attached hydrogens (tertiary/aromatic N) is 1. The second kappa shape index (κ2) is 11.7. The van der Waals surface area contributed by atoms with Crippen LogP contribution < -0.4 is 14.2 Å². The number of carbonyl (C=O) groups is 2. The summed E-state index contributed by atoms with van der Waals surface area (Å²) in [4.78, 5) is 24.1. The van der Waals surface area contributed by atoms with E-state index in [1.807, 2.05) is 22.6 Å². The molecule has 11 heteroatoms. The predicted molar refractivity (Wildman–Crippen MR) is 140 cm³/mol. The van der Waals surface area contributed by atoms with Crippen LogP contribution in [0.25, 0.3) is 6.08 Å². The molecule has 0 heterocycles. The molecule has 0 saturated heterocycles. The summed E-state index contributed by atoms with van der Waals surface area (Å²) in [5.41, 5.74) is -0.0300. The van der Waals surface area contributed by atoms with E-state index in [0.29, 0.717) is 9.13 Å². The molecule has 9 nitrogen and oxygen atoms in total. The van der Waals surface area contributed by atoms with Crippen LogP contribution in [0.1, 0.15) is 22.8 Å². The first-order valence-electron chi connectivity index (χ1n) is 10.4. The molecular formula is C25H19IN2O7S. The Morgan fingerprint density at radius 2 is 1.78 bits per heavy atom. The van der Waals surface area contributed by atoms with Crippen molar-refractivity contribution in [2.24, 2.45) is 0 Å². The first kappa shape index (κ1) is 26.7. The number of nitriles is 1. The number of para-hydroxylation sites is 1. The molecule has 0 aliphatic rings. The van der Waals surface area contributed by atoms with E-state index in [1.165, 1.54) is 48.5 Å². The van der Waals surface area contributed by atoms with Crippen molar-refractivity contribution in [1.82, 2.24) is 0 Å². The summed E-state index contributed by atoms with van der Waals surface area (Å²) < 4.78 is 36.8. The molecule has 0 radical (unpaired) electrons. The minimum absolute atomic E-state index is 0.0303. The zero-order valence-electron chi connectivity index (χ0n) is 18.8. The Kier molecular flexibility index (Phi) is 8.68. The van der Waals surface area contributed by atoms with Crippen LogP contribution in [0, 0.1) is 14.9 Å². The molecule has 2 N–H and O–H groups in total. The molecule has 1 amide bonds. The van der Waals surface area contributed by atoms with Gasteiger partial charge in [0.15, 0.2) is 11.5 Å². The maximum Gasteiger partial charge on any atom is 0.339 e. The molecule has 3 rings (SSSR count).